The fourth-order valence-electron chi connectivity index (χ4n) is 4.24. The molecule has 1 atom stereocenters. The number of primary amides is 1. The first-order valence-electron chi connectivity index (χ1n) is 9.05. The molecular weight excluding hydrogens is 332 g/mol. The zero-order valence-corrected chi connectivity index (χ0v) is 15.3. The molecule has 2 N–H and O–H groups in total. The van der Waals surface area contributed by atoms with Crippen LogP contribution >= 0.6 is 11.3 Å². The highest BCUT2D eigenvalue weighted by Gasteiger charge is 2.37. The highest BCUT2D eigenvalue weighted by atomic mass is 32.1. The quantitative estimate of drug-likeness (QED) is 0.888. The van der Waals surface area contributed by atoms with Crippen LogP contribution in [-0.2, 0) is 0 Å². The van der Waals surface area contributed by atoms with Gasteiger partial charge in [0.15, 0.2) is 0 Å². The third-order valence-electron chi connectivity index (χ3n) is 5.47. The first-order valence-corrected chi connectivity index (χ1v) is 9.86. The van der Waals surface area contributed by atoms with Crippen molar-refractivity contribution in [3.8, 4) is 16.2 Å². The molecule has 5 rings (SSSR count). The van der Waals surface area contributed by atoms with Crippen LogP contribution < -0.4 is 10.5 Å². The van der Waals surface area contributed by atoms with E-state index in [0.29, 0.717) is 18.4 Å². The Bertz CT molecular complexity index is 778. The highest BCUT2D eigenvalue weighted by Crippen LogP contribution is 2.44. The number of fused-ring (bicyclic) bond motifs is 3. The van der Waals surface area contributed by atoms with E-state index in [0.717, 1.165) is 33.2 Å². The summed E-state index contributed by atoms with van der Waals surface area (Å²) in [4.78, 5) is 16.4. The van der Waals surface area contributed by atoms with Crippen molar-refractivity contribution in [3.63, 3.8) is 0 Å². The maximum atomic E-state index is 12.1. The molecule has 1 amide bonds. The number of ether oxygens (including phenoxy) is 1. The van der Waals surface area contributed by atoms with Crippen molar-refractivity contribution in [1.29, 1.82) is 0 Å². The number of carbonyl (C=O) groups excluding carboxylic acids is 1. The van der Waals surface area contributed by atoms with Crippen LogP contribution in [0.15, 0.2) is 30.3 Å². The molecule has 3 aliphatic rings. The van der Waals surface area contributed by atoms with Gasteiger partial charge in [-0.05, 0) is 68.1 Å². The maximum absolute atomic E-state index is 12.1. The lowest BCUT2D eigenvalue weighted by Crippen LogP contribution is -2.46. The van der Waals surface area contributed by atoms with Gasteiger partial charge in [0.2, 0.25) is 0 Å². The third kappa shape index (κ3) is 3.18. The lowest BCUT2D eigenvalue weighted by Gasteiger charge is -2.45. The van der Waals surface area contributed by atoms with E-state index < -0.39 is 0 Å². The van der Waals surface area contributed by atoms with Crippen molar-refractivity contribution in [1.82, 2.24) is 4.90 Å². The smallest absolute Gasteiger partial charge is 0.259 e. The molecule has 0 spiro atoms. The van der Waals surface area contributed by atoms with E-state index >= 15 is 0 Å². The van der Waals surface area contributed by atoms with Gasteiger partial charge in [-0.15, -0.1) is 11.3 Å². The van der Waals surface area contributed by atoms with Crippen molar-refractivity contribution in [3.05, 3.63) is 40.8 Å². The molecule has 1 aromatic heterocycles. The molecule has 0 radical (unpaired) electrons. The number of piperidine rings is 3. The molecule has 132 valence electrons. The Morgan fingerprint density at radius 2 is 2.12 bits per heavy atom. The van der Waals surface area contributed by atoms with Gasteiger partial charge in [-0.1, -0.05) is 12.1 Å². The lowest BCUT2D eigenvalue weighted by molar-refractivity contribution is 0.0859. The number of thiophene rings is 1. The van der Waals surface area contributed by atoms with E-state index in [1.165, 1.54) is 37.3 Å². The Balaban J connectivity index is 1.71. The van der Waals surface area contributed by atoms with Gasteiger partial charge < -0.3 is 15.4 Å². The van der Waals surface area contributed by atoms with E-state index in [1.54, 1.807) is 0 Å². The van der Waals surface area contributed by atoms with Crippen LogP contribution in [0.5, 0.6) is 5.75 Å². The summed E-state index contributed by atoms with van der Waals surface area (Å²) in [6, 6.07) is 10.3. The summed E-state index contributed by atoms with van der Waals surface area (Å²) in [5.74, 6) is 1.67. The predicted molar refractivity (Wildman–Crippen MR) is 101 cm³/mol. The summed E-state index contributed by atoms with van der Waals surface area (Å²) in [7, 11) is 0. The molecule has 5 heteroatoms. The lowest BCUT2D eigenvalue weighted by atomic mass is 9.75. The van der Waals surface area contributed by atoms with Crippen LogP contribution in [0.2, 0.25) is 0 Å². The molecule has 2 aromatic rings. The average molecular weight is 356 g/mol. The maximum Gasteiger partial charge on any atom is 0.259 e. The van der Waals surface area contributed by atoms with Crippen LogP contribution in [0.25, 0.3) is 10.4 Å². The molecule has 4 nitrogen and oxygen atoms in total. The van der Waals surface area contributed by atoms with Crippen molar-refractivity contribution in [2.45, 2.75) is 25.7 Å². The number of carbonyl (C=O) groups is 1. The molecular formula is C20H24N2O2S. The van der Waals surface area contributed by atoms with Crippen molar-refractivity contribution >= 4 is 17.2 Å². The van der Waals surface area contributed by atoms with E-state index in [-0.39, 0.29) is 5.91 Å². The second-order valence-electron chi connectivity index (χ2n) is 6.96. The number of nitrogens with zero attached hydrogens (tertiary/aromatic N) is 1. The van der Waals surface area contributed by atoms with E-state index in [1.807, 2.05) is 25.1 Å². The molecule has 25 heavy (non-hydrogen) atoms. The van der Waals surface area contributed by atoms with Gasteiger partial charge in [0, 0.05) is 17.3 Å². The molecule has 1 unspecified atom stereocenters. The first-order chi connectivity index (χ1) is 12.2. The summed E-state index contributed by atoms with van der Waals surface area (Å²) < 4.78 is 5.62. The fraction of sp³-hybridized carbons (Fsp3) is 0.450. The van der Waals surface area contributed by atoms with Gasteiger partial charge >= 0.3 is 0 Å². The number of amides is 1. The molecule has 1 aromatic carbocycles. The summed E-state index contributed by atoms with van der Waals surface area (Å²) in [5.41, 5.74) is 7.97. The SMILES string of the molecule is CCOc1cccc(-c2cc(C3CN4CCC3CC4)c(C(N)=O)s2)c1. The topological polar surface area (TPSA) is 55.6 Å². The van der Waals surface area contributed by atoms with Crippen molar-refractivity contribution in [2.24, 2.45) is 11.7 Å². The Kier molecular flexibility index (Phi) is 4.52. The van der Waals surface area contributed by atoms with E-state index in [2.05, 4.69) is 17.0 Å². The highest BCUT2D eigenvalue weighted by molar-refractivity contribution is 7.17. The van der Waals surface area contributed by atoms with Crippen LogP contribution in [0.4, 0.5) is 0 Å². The van der Waals surface area contributed by atoms with E-state index in [4.69, 9.17) is 10.5 Å². The molecule has 3 saturated heterocycles. The van der Waals surface area contributed by atoms with Gasteiger partial charge in [-0.25, -0.2) is 0 Å². The Morgan fingerprint density at radius 1 is 1.32 bits per heavy atom. The Hall–Kier alpha value is -1.85. The Morgan fingerprint density at radius 3 is 2.76 bits per heavy atom. The Labute approximate surface area is 152 Å². The molecule has 2 bridgehead atoms. The second kappa shape index (κ2) is 6.81. The number of nitrogens with two attached hydrogens (primary N) is 1. The summed E-state index contributed by atoms with van der Waals surface area (Å²) in [6.07, 6.45) is 2.46. The van der Waals surface area contributed by atoms with Gasteiger partial charge in [0.1, 0.15) is 5.75 Å². The number of hydrogen-bond acceptors (Lipinski definition) is 4. The minimum atomic E-state index is -0.302. The third-order valence-corrected chi connectivity index (χ3v) is 6.68. The summed E-state index contributed by atoms with van der Waals surface area (Å²) >= 11 is 1.52. The number of rotatable bonds is 5. The molecule has 3 aliphatic heterocycles. The molecule has 0 saturated carbocycles. The largest absolute Gasteiger partial charge is 0.494 e. The number of benzene rings is 1. The van der Waals surface area contributed by atoms with Gasteiger partial charge in [0.25, 0.3) is 5.91 Å². The first kappa shape index (κ1) is 16.6. The van der Waals surface area contributed by atoms with Crippen LogP contribution in [-0.4, -0.2) is 37.0 Å². The van der Waals surface area contributed by atoms with Gasteiger partial charge in [-0.3, -0.25) is 4.79 Å². The van der Waals surface area contributed by atoms with Crippen molar-refractivity contribution in [2.75, 3.05) is 26.2 Å². The number of hydrogen-bond donors (Lipinski definition) is 1. The predicted octanol–water partition coefficient (Wildman–Crippen LogP) is 3.72. The fourth-order valence-corrected chi connectivity index (χ4v) is 5.32. The summed E-state index contributed by atoms with van der Waals surface area (Å²) in [5, 5.41) is 0. The van der Waals surface area contributed by atoms with Crippen LogP contribution in [0, 0.1) is 5.92 Å². The molecule has 4 heterocycles. The molecule has 3 fully saturated rings. The minimum Gasteiger partial charge on any atom is -0.494 e. The minimum absolute atomic E-state index is 0.302. The zero-order valence-electron chi connectivity index (χ0n) is 14.5. The van der Waals surface area contributed by atoms with Crippen molar-refractivity contribution < 1.29 is 9.53 Å². The zero-order chi connectivity index (χ0) is 17.4. The van der Waals surface area contributed by atoms with Crippen LogP contribution in [0.1, 0.15) is 40.9 Å². The summed E-state index contributed by atoms with van der Waals surface area (Å²) in [6.45, 7) is 6.07. The monoisotopic (exact) mass is 356 g/mol. The molecule has 0 aliphatic carbocycles. The van der Waals surface area contributed by atoms with Gasteiger partial charge in [0.05, 0.1) is 11.5 Å². The average Bonchev–Trinajstić information content (AvgIpc) is 3.09. The van der Waals surface area contributed by atoms with Crippen LogP contribution in [0.3, 0.4) is 0 Å². The standard InChI is InChI=1S/C20H24N2O2S/c1-2-24-15-5-3-4-14(10-15)18-11-16(19(25-18)20(21)23)17-12-22-8-6-13(17)7-9-22/h3-5,10-11,13,17H,2,6-9,12H2,1H3,(H2,21,23). The normalized spacial score (nSPS) is 25.1. The second-order valence-corrected chi connectivity index (χ2v) is 8.02. The van der Waals surface area contributed by atoms with E-state index in [9.17, 15) is 4.79 Å². The van der Waals surface area contributed by atoms with Gasteiger partial charge in [-0.2, -0.15) is 0 Å².